The van der Waals surface area contributed by atoms with Crippen molar-refractivity contribution in [2.45, 2.75) is 52.6 Å². The van der Waals surface area contributed by atoms with Gasteiger partial charge in [-0.3, -0.25) is 4.90 Å². The van der Waals surface area contributed by atoms with Crippen LogP contribution in [0.4, 0.5) is 0 Å². The van der Waals surface area contributed by atoms with Gasteiger partial charge in [0.25, 0.3) is 0 Å². The second-order valence-electron chi connectivity index (χ2n) is 5.03. The molecule has 0 aliphatic carbocycles. The lowest BCUT2D eigenvalue weighted by molar-refractivity contribution is 0.0177. The highest BCUT2D eigenvalue weighted by atomic mass is 16.5. The Kier molecular flexibility index (Phi) is 4.90. The van der Waals surface area contributed by atoms with Crippen molar-refractivity contribution in [3.8, 4) is 0 Å². The highest BCUT2D eigenvalue weighted by Gasteiger charge is 2.23. The van der Waals surface area contributed by atoms with Crippen molar-refractivity contribution in [1.82, 2.24) is 4.90 Å². The molecular formula is C12H25NO. The number of ether oxygens (including phenoxy) is 1. The van der Waals surface area contributed by atoms with Gasteiger partial charge in [0, 0.05) is 31.8 Å². The van der Waals surface area contributed by atoms with Gasteiger partial charge >= 0.3 is 0 Å². The van der Waals surface area contributed by atoms with Crippen LogP contribution >= 0.6 is 0 Å². The van der Waals surface area contributed by atoms with Crippen LogP contribution in [-0.4, -0.2) is 36.7 Å². The molecule has 1 saturated heterocycles. The van der Waals surface area contributed by atoms with E-state index in [9.17, 15) is 0 Å². The minimum atomic E-state index is 0.667. The number of hydrogen-bond donors (Lipinski definition) is 0. The molecule has 0 N–H and O–H groups in total. The van der Waals surface area contributed by atoms with Gasteiger partial charge in [0.2, 0.25) is 0 Å². The fourth-order valence-corrected chi connectivity index (χ4v) is 2.22. The monoisotopic (exact) mass is 199 g/mol. The molecule has 0 bridgehead atoms. The second-order valence-corrected chi connectivity index (χ2v) is 5.03. The Balaban J connectivity index is 2.47. The maximum Gasteiger partial charge on any atom is 0.0480 e. The second kappa shape index (κ2) is 5.72. The van der Waals surface area contributed by atoms with Gasteiger partial charge in [-0.1, -0.05) is 13.8 Å². The summed E-state index contributed by atoms with van der Waals surface area (Å²) in [5, 5.41) is 0. The van der Waals surface area contributed by atoms with Gasteiger partial charge in [-0.25, -0.2) is 0 Å². The summed E-state index contributed by atoms with van der Waals surface area (Å²) in [6.45, 7) is 12.3. The molecule has 0 saturated carbocycles. The fourth-order valence-electron chi connectivity index (χ4n) is 2.22. The molecule has 14 heavy (non-hydrogen) atoms. The van der Waals surface area contributed by atoms with Crippen LogP contribution in [0.3, 0.4) is 0 Å². The number of rotatable bonds is 4. The maximum atomic E-state index is 5.41. The number of hydrogen-bond acceptors (Lipinski definition) is 2. The van der Waals surface area contributed by atoms with Crippen LogP contribution in [0.1, 0.15) is 40.5 Å². The van der Waals surface area contributed by atoms with Crippen molar-refractivity contribution in [2.75, 3.05) is 19.8 Å². The predicted molar refractivity (Wildman–Crippen MR) is 60.5 cm³/mol. The highest BCUT2D eigenvalue weighted by molar-refractivity contribution is 4.77. The standard InChI is InChI=1S/C12H25NO/c1-10(2)9-13(11(3)4)12-5-7-14-8-6-12/h10-12H,5-9H2,1-4H3. The van der Waals surface area contributed by atoms with Crippen LogP contribution in [0, 0.1) is 5.92 Å². The van der Waals surface area contributed by atoms with Crippen molar-refractivity contribution in [3.63, 3.8) is 0 Å². The summed E-state index contributed by atoms with van der Waals surface area (Å²) in [6.07, 6.45) is 2.43. The molecule has 0 radical (unpaired) electrons. The first-order valence-electron chi connectivity index (χ1n) is 5.94. The molecular weight excluding hydrogens is 174 g/mol. The Morgan fingerprint density at radius 3 is 2.14 bits per heavy atom. The molecule has 1 rings (SSSR count). The van der Waals surface area contributed by atoms with Crippen LogP contribution in [0.2, 0.25) is 0 Å². The third kappa shape index (κ3) is 3.58. The van der Waals surface area contributed by atoms with E-state index in [-0.39, 0.29) is 0 Å². The van der Waals surface area contributed by atoms with Gasteiger partial charge in [0.15, 0.2) is 0 Å². The molecule has 0 aromatic heterocycles. The van der Waals surface area contributed by atoms with Crippen LogP contribution in [0.15, 0.2) is 0 Å². The molecule has 2 nitrogen and oxygen atoms in total. The van der Waals surface area contributed by atoms with Crippen molar-refractivity contribution >= 4 is 0 Å². The first kappa shape index (κ1) is 12.0. The van der Waals surface area contributed by atoms with Crippen molar-refractivity contribution in [3.05, 3.63) is 0 Å². The fraction of sp³-hybridized carbons (Fsp3) is 1.00. The Bertz CT molecular complexity index is 150. The minimum Gasteiger partial charge on any atom is -0.381 e. The van der Waals surface area contributed by atoms with Crippen LogP contribution in [0.25, 0.3) is 0 Å². The molecule has 0 unspecified atom stereocenters. The van der Waals surface area contributed by atoms with E-state index in [0.29, 0.717) is 6.04 Å². The van der Waals surface area contributed by atoms with E-state index in [2.05, 4.69) is 32.6 Å². The molecule has 0 aromatic rings. The van der Waals surface area contributed by atoms with E-state index < -0.39 is 0 Å². The molecule has 0 atom stereocenters. The van der Waals surface area contributed by atoms with E-state index in [4.69, 9.17) is 4.74 Å². The zero-order chi connectivity index (χ0) is 10.6. The van der Waals surface area contributed by atoms with Gasteiger partial charge in [0.05, 0.1) is 0 Å². The molecule has 2 heteroatoms. The van der Waals surface area contributed by atoms with Gasteiger partial charge in [0.1, 0.15) is 0 Å². The summed E-state index contributed by atoms with van der Waals surface area (Å²) < 4.78 is 5.41. The van der Waals surface area contributed by atoms with Gasteiger partial charge in [-0.2, -0.15) is 0 Å². The molecule has 0 aromatic carbocycles. The Morgan fingerprint density at radius 2 is 1.71 bits per heavy atom. The first-order chi connectivity index (χ1) is 6.61. The SMILES string of the molecule is CC(C)CN(C(C)C)C1CCOCC1. The summed E-state index contributed by atoms with van der Waals surface area (Å²) in [7, 11) is 0. The predicted octanol–water partition coefficient (Wildman–Crippen LogP) is 2.53. The van der Waals surface area contributed by atoms with E-state index in [1.54, 1.807) is 0 Å². The quantitative estimate of drug-likeness (QED) is 0.690. The average Bonchev–Trinajstić information content (AvgIpc) is 2.15. The molecule has 1 aliphatic heterocycles. The average molecular weight is 199 g/mol. The molecule has 1 aliphatic rings. The van der Waals surface area contributed by atoms with Crippen LogP contribution in [-0.2, 0) is 4.74 Å². The van der Waals surface area contributed by atoms with Gasteiger partial charge in [-0.15, -0.1) is 0 Å². The topological polar surface area (TPSA) is 12.5 Å². The summed E-state index contributed by atoms with van der Waals surface area (Å²) in [6, 6.07) is 1.42. The molecule has 0 spiro atoms. The van der Waals surface area contributed by atoms with E-state index in [0.717, 1.165) is 25.2 Å². The Hall–Kier alpha value is -0.0800. The van der Waals surface area contributed by atoms with Gasteiger partial charge in [-0.05, 0) is 32.6 Å². The molecule has 84 valence electrons. The summed E-state index contributed by atoms with van der Waals surface area (Å²) in [5.41, 5.74) is 0. The normalized spacial score (nSPS) is 19.9. The zero-order valence-corrected chi connectivity index (χ0v) is 10.1. The Labute approximate surface area is 88.6 Å². The third-order valence-corrected chi connectivity index (χ3v) is 2.90. The van der Waals surface area contributed by atoms with Crippen LogP contribution in [0.5, 0.6) is 0 Å². The van der Waals surface area contributed by atoms with E-state index in [1.807, 2.05) is 0 Å². The van der Waals surface area contributed by atoms with E-state index >= 15 is 0 Å². The first-order valence-corrected chi connectivity index (χ1v) is 5.94. The summed E-state index contributed by atoms with van der Waals surface area (Å²) in [5.74, 6) is 0.764. The minimum absolute atomic E-state index is 0.667. The lowest BCUT2D eigenvalue weighted by Gasteiger charge is -2.38. The van der Waals surface area contributed by atoms with Crippen molar-refractivity contribution < 1.29 is 4.74 Å². The van der Waals surface area contributed by atoms with Crippen LogP contribution < -0.4 is 0 Å². The molecule has 0 amide bonds. The third-order valence-electron chi connectivity index (χ3n) is 2.90. The summed E-state index contributed by atoms with van der Waals surface area (Å²) >= 11 is 0. The smallest absolute Gasteiger partial charge is 0.0480 e. The molecule has 1 heterocycles. The lowest BCUT2D eigenvalue weighted by Crippen LogP contribution is -2.45. The largest absolute Gasteiger partial charge is 0.381 e. The highest BCUT2D eigenvalue weighted by Crippen LogP contribution is 2.18. The lowest BCUT2D eigenvalue weighted by atomic mass is 10.0. The number of nitrogens with zero attached hydrogens (tertiary/aromatic N) is 1. The molecule has 1 fully saturated rings. The maximum absolute atomic E-state index is 5.41. The van der Waals surface area contributed by atoms with E-state index in [1.165, 1.54) is 19.4 Å². The van der Waals surface area contributed by atoms with Gasteiger partial charge < -0.3 is 4.74 Å². The van der Waals surface area contributed by atoms with Crippen molar-refractivity contribution in [2.24, 2.45) is 5.92 Å². The summed E-state index contributed by atoms with van der Waals surface area (Å²) in [4.78, 5) is 2.65. The Morgan fingerprint density at radius 1 is 1.14 bits per heavy atom. The van der Waals surface area contributed by atoms with Crippen molar-refractivity contribution in [1.29, 1.82) is 0 Å². The zero-order valence-electron chi connectivity index (χ0n) is 10.1.